The molecule has 0 bridgehead atoms. The van der Waals surface area contributed by atoms with Crippen molar-refractivity contribution in [2.45, 2.75) is 65.5 Å². The zero-order valence-electron chi connectivity index (χ0n) is 12.1. The summed E-state index contributed by atoms with van der Waals surface area (Å²) in [6.07, 6.45) is 2.51. The van der Waals surface area contributed by atoms with E-state index < -0.39 is 0 Å². The Morgan fingerprint density at radius 1 is 1.25 bits per heavy atom. The van der Waals surface area contributed by atoms with Crippen LogP contribution >= 0.6 is 0 Å². The average Bonchev–Trinajstić information content (AvgIpc) is 2.23. The van der Waals surface area contributed by atoms with Gasteiger partial charge in [0.1, 0.15) is 0 Å². The normalized spacial score (nSPS) is 32.6. The quantitative estimate of drug-likeness (QED) is 0.793. The number of nitrogens with zero attached hydrogens (tertiary/aromatic N) is 1. The van der Waals surface area contributed by atoms with E-state index >= 15 is 0 Å². The van der Waals surface area contributed by atoms with Gasteiger partial charge in [-0.1, -0.05) is 27.2 Å². The topological polar surface area (TPSA) is 15.3 Å². The molecule has 1 N–H and O–H groups in total. The Bertz CT molecular complexity index is 225. The molecule has 1 saturated heterocycles. The van der Waals surface area contributed by atoms with Crippen molar-refractivity contribution < 1.29 is 0 Å². The lowest BCUT2D eigenvalue weighted by Crippen LogP contribution is -2.67. The standard InChI is InChI=1S/C14H30N2/c1-7-12(3)9-16-11-13(4,5)15-10-14(16,6)8-2/h12,15H,7-11H2,1-6H3. The first-order chi connectivity index (χ1) is 7.33. The average molecular weight is 226 g/mol. The van der Waals surface area contributed by atoms with Crippen LogP contribution in [0.4, 0.5) is 0 Å². The second-order valence-corrected chi connectivity index (χ2v) is 6.48. The summed E-state index contributed by atoms with van der Waals surface area (Å²) in [5.74, 6) is 0.805. The first-order valence-corrected chi connectivity index (χ1v) is 6.83. The Hall–Kier alpha value is -0.0800. The molecular weight excluding hydrogens is 196 g/mol. The summed E-state index contributed by atoms with van der Waals surface area (Å²) >= 11 is 0. The molecule has 96 valence electrons. The molecule has 2 atom stereocenters. The Kier molecular flexibility index (Phi) is 4.42. The smallest absolute Gasteiger partial charge is 0.0304 e. The first-order valence-electron chi connectivity index (χ1n) is 6.83. The number of hydrogen-bond acceptors (Lipinski definition) is 2. The lowest BCUT2D eigenvalue weighted by molar-refractivity contribution is 0.0135. The van der Waals surface area contributed by atoms with Gasteiger partial charge in [0.25, 0.3) is 0 Å². The predicted molar refractivity (Wildman–Crippen MR) is 71.8 cm³/mol. The fourth-order valence-corrected chi connectivity index (χ4v) is 2.40. The maximum absolute atomic E-state index is 3.68. The van der Waals surface area contributed by atoms with Crippen LogP contribution < -0.4 is 5.32 Å². The van der Waals surface area contributed by atoms with Crippen LogP contribution in [-0.2, 0) is 0 Å². The molecule has 1 aliphatic rings. The highest BCUT2D eigenvalue weighted by Crippen LogP contribution is 2.27. The summed E-state index contributed by atoms with van der Waals surface area (Å²) in [5.41, 5.74) is 0.612. The fourth-order valence-electron chi connectivity index (χ4n) is 2.40. The second-order valence-electron chi connectivity index (χ2n) is 6.48. The van der Waals surface area contributed by atoms with Gasteiger partial charge in [-0.2, -0.15) is 0 Å². The molecule has 2 unspecified atom stereocenters. The van der Waals surface area contributed by atoms with E-state index in [1.807, 2.05) is 0 Å². The van der Waals surface area contributed by atoms with E-state index in [1.54, 1.807) is 0 Å². The zero-order valence-corrected chi connectivity index (χ0v) is 12.1. The van der Waals surface area contributed by atoms with Crippen molar-refractivity contribution in [2.75, 3.05) is 19.6 Å². The van der Waals surface area contributed by atoms with Crippen LogP contribution in [0.25, 0.3) is 0 Å². The number of rotatable bonds is 4. The van der Waals surface area contributed by atoms with Gasteiger partial charge in [0.15, 0.2) is 0 Å². The Labute approximate surface area is 102 Å². The Balaban J connectivity index is 2.72. The third kappa shape index (κ3) is 3.21. The molecule has 1 rings (SSSR count). The molecule has 0 aromatic rings. The Morgan fingerprint density at radius 3 is 2.38 bits per heavy atom. The maximum Gasteiger partial charge on any atom is 0.0304 e. The van der Waals surface area contributed by atoms with Crippen molar-refractivity contribution in [1.82, 2.24) is 10.2 Å². The summed E-state index contributed by atoms with van der Waals surface area (Å²) in [4.78, 5) is 2.71. The van der Waals surface area contributed by atoms with Gasteiger partial charge < -0.3 is 5.32 Å². The molecule has 0 aromatic carbocycles. The molecule has 0 aromatic heterocycles. The molecular formula is C14H30N2. The van der Waals surface area contributed by atoms with E-state index in [1.165, 1.54) is 25.9 Å². The first kappa shape index (κ1) is 14.0. The van der Waals surface area contributed by atoms with Crippen molar-refractivity contribution in [2.24, 2.45) is 5.92 Å². The number of piperazine rings is 1. The second kappa shape index (κ2) is 5.05. The van der Waals surface area contributed by atoms with Gasteiger partial charge in [0, 0.05) is 30.7 Å². The highest BCUT2D eigenvalue weighted by atomic mass is 15.3. The monoisotopic (exact) mass is 226 g/mol. The number of nitrogens with one attached hydrogen (secondary N) is 1. The summed E-state index contributed by atoms with van der Waals surface area (Å²) in [6.45, 7) is 17.5. The van der Waals surface area contributed by atoms with Crippen molar-refractivity contribution >= 4 is 0 Å². The summed E-state index contributed by atoms with van der Waals surface area (Å²) < 4.78 is 0. The molecule has 0 radical (unpaired) electrons. The van der Waals surface area contributed by atoms with Gasteiger partial charge in [-0.05, 0) is 33.1 Å². The molecule has 1 fully saturated rings. The van der Waals surface area contributed by atoms with Crippen molar-refractivity contribution in [3.8, 4) is 0 Å². The minimum atomic E-state index is 0.266. The van der Waals surface area contributed by atoms with Crippen molar-refractivity contribution in [3.05, 3.63) is 0 Å². The highest BCUT2D eigenvalue weighted by Gasteiger charge is 2.39. The minimum Gasteiger partial charge on any atom is -0.309 e. The van der Waals surface area contributed by atoms with Crippen LogP contribution in [0.5, 0.6) is 0 Å². The van der Waals surface area contributed by atoms with E-state index in [-0.39, 0.29) is 5.54 Å². The van der Waals surface area contributed by atoms with E-state index in [0.29, 0.717) is 5.54 Å². The van der Waals surface area contributed by atoms with E-state index in [4.69, 9.17) is 0 Å². The van der Waals surface area contributed by atoms with Crippen LogP contribution in [0.1, 0.15) is 54.4 Å². The van der Waals surface area contributed by atoms with E-state index in [0.717, 1.165) is 12.5 Å². The molecule has 1 heterocycles. The van der Waals surface area contributed by atoms with Gasteiger partial charge >= 0.3 is 0 Å². The van der Waals surface area contributed by atoms with Crippen LogP contribution in [0, 0.1) is 5.92 Å². The molecule has 16 heavy (non-hydrogen) atoms. The van der Waals surface area contributed by atoms with Crippen molar-refractivity contribution in [1.29, 1.82) is 0 Å². The zero-order chi connectivity index (χ0) is 12.4. The van der Waals surface area contributed by atoms with E-state index in [9.17, 15) is 0 Å². The third-order valence-corrected chi connectivity index (χ3v) is 4.29. The fraction of sp³-hybridized carbons (Fsp3) is 1.00. The van der Waals surface area contributed by atoms with Gasteiger partial charge in [-0.15, -0.1) is 0 Å². The largest absolute Gasteiger partial charge is 0.309 e. The van der Waals surface area contributed by atoms with Gasteiger partial charge in [0.05, 0.1) is 0 Å². The molecule has 1 aliphatic heterocycles. The molecule has 2 nitrogen and oxygen atoms in total. The van der Waals surface area contributed by atoms with Gasteiger partial charge in [-0.3, -0.25) is 4.90 Å². The third-order valence-electron chi connectivity index (χ3n) is 4.29. The lowest BCUT2D eigenvalue weighted by Gasteiger charge is -2.52. The van der Waals surface area contributed by atoms with E-state index in [2.05, 4.69) is 51.8 Å². The van der Waals surface area contributed by atoms with Gasteiger partial charge in [-0.25, -0.2) is 0 Å². The molecule has 0 spiro atoms. The van der Waals surface area contributed by atoms with Gasteiger partial charge in [0.2, 0.25) is 0 Å². The Morgan fingerprint density at radius 2 is 1.88 bits per heavy atom. The molecule has 2 heteroatoms. The minimum absolute atomic E-state index is 0.266. The SMILES string of the molecule is CCC(C)CN1CC(C)(C)NCC1(C)CC. The van der Waals surface area contributed by atoms with Crippen LogP contribution in [-0.4, -0.2) is 35.6 Å². The summed E-state index contributed by atoms with van der Waals surface area (Å²) in [6, 6.07) is 0. The maximum atomic E-state index is 3.68. The van der Waals surface area contributed by atoms with Crippen LogP contribution in [0.2, 0.25) is 0 Å². The van der Waals surface area contributed by atoms with Crippen LogP contribution in [0.15, 0.2) is 0 Å². The molecule has 0 aliphatic carbocycles. The van der Waals surface area contributed by atoms with Crippen molar-refractivity contribution in [3.63, 3.8) is 0 Å². The summed E-state index contributed by atoms with van der Waals surface area (Å²) in [5, 5.41) is 3.68. The van der Waals surface area contributed by atoms with Crippen LogP contribution in [0.3, 0.4) is 0 Å². The predicted octanol–water partition coefficient (Wildman–Crippen LogP) is 2.89. The lowest BCUT2D eigenvalue weighted by atomic mass is 9.87. The molecule has 0 saturated carbocycles. The number of hydrogen-bond donors (Lipinski definition) is 1. The molecule has 0 amide bonds. The summed E-state index contributed by atoms with van der Waals surface area (Å²) in [7, 11) is 0. The highest BCUT2D eigenvalue weighted by molar-refractivity contribution is 4.99.